The van der Waals surface area contributed by atoms with Crippen LogP contribution < -0.4 is 0 Å². The van der Waals surface area contributed by atoms with Crippen LogP contribution in [0.25, 0.3) is 16.6 Å². The molecule has 0 radical (unpaired) electrons. The van der Waals surface area contributed by atoms with E-state index < -0.39 is 11.0 Å². The average molecular weight is 298 g/mol. The summed E-state index contributed by atoms with van der Waals surface area (Å²) in [5.74, 6) is -0.693. The van der Waals surface area contributed by atoms with E-state index in [9.17, 15) is 9.59 Å². The van der Waals surface area contributed by atoms with Crippen LogP contribution in [0.5, 0.6) is 0 Å². The van der Waals surface area contributed by atoms with Crippen molar-refractivity contribution in [3.8, 4) is 11.1 Å². The third-order valence-electron chi connectivity index (χ3n) is 3.39. The summed E-state index contributed by atoms with van der Waals surface area (Å²) < 4.78 is 1.72. The summed E-state index contributed by atoms with van der Waals surface area (Å²) in [6.45, 7) is 1.93. The summed E-state index contributed by atoms with van der Waals surface area (Å²) in [5, 5.41) is -0.978. The Balaban J connectivity index is 2.36. The Hall–Kier alpha value is -2.39. The van der Waals surface area contributed by atoms with E-state index in [4.69, 9.17) is 11.6 Å². The van der Waals surface area contributed by atoms with E-state index in [1.54, 1.807) is 4.40 Å². The van der Waals surface area contributed by atoms with Crippen LogP contribution in [0, 0.1) is 6.92 Å². The zero-order valence-corrected chi connectivity index (χ0v) is 12.1. The first-order chi connectivity index (χ1) is 10.1. The van der Waals surface area contributed by atoms with Crippen LogP contribution in [0.4, 0.5) is 0 Å². The van der Waals surface area contributed by atoms with Crippen LogP contribution in [0.15, 0.2) is 54.7 Å². The molecular formula is C17H12ClNO2. The van der Waals surface area contributed by atoms with Gasteiger partial charge in [-0.05, 0) is 41.8 Å². The first-order valence-corrected chi connectivity index (χ1v) is 6.87. The maximum absolute atomic E-state index is 12.2. The first-order valence-electron chi connectivity index (χ1n) is 6.49. The maximum atomic E-state index is 12.2. The standard InChI is InChI=1S/C17H12ClNO2/c1-11-7-8-13-9-14(12-5-3-2-4-6-12)15(19(13)10-11)16(20)17(18)21/h2-10H,1H3. The molecule has 2 aromatic heterocycles. The average Bonchev–Trinajstić information content (AvgIpc) is 2.85. The van der Waals surface area contributed by atoms with Gasteiger partial charge in [-0.1, -0.05) is 36.4 Å². The minimum Gasteiger partial charge on any atom is -0.313 e. The van der Waals surface area contributed by atoms with Gasteiger partial charge in [0, 0.05) is 17.3 Å². The van der Waals surface area contributed by atoms with E-state index in [0.29, 0.717) is 11.3 Å². The summed E-state index contributed by atoms with van der Waals surface area (Å²) in [6.07, 6.45) is 1.83. The summed E-state index contributed by atoms with van der Waals surface area (Å²) in [4.78, 5) is 23.6. The van der Waals surface area contributed by atoms with Crippen LogP contribution >= 0.6 is 11.6 Å². The Morgan fingerprint density at radius 1 is 1.05 bits per heavy atom. The molecule has 0 unspecified atom stereocenters. The maximum Gasteiger partial charge on any atom is 0.294 e. The van der Waals surface area contributed by atoms with Crippen LogP contribution in [0.3, 0.4) is 0 Å². The van der Waals surface area contributed by atoms with Crippen LogP contribution in [0.2, 0.25) is 0 Å². The van der Waals surface area contributed by atoms with Crippen molar-refractivity contribution in [2.75, 3.05) is 0 Å². The van der Waals surface area contributed by atoms with Gasteiger partial charge in [-0.2, -0.15) is 0 Å². The number of aryl methyl sites for hydroxylation is 1. The van der Waals surface area contributed by atoms with Gasteiger partial charge < -0.3 is 4.40 Å². The molecule has 3 rings (SSSR count). The molecular weight excluding hydrogens is 286 g/mol. The quantitative estimate of drug-likeness (QED) is 0.418. The van der Waals surface area contributed by atoms with Gasteiger partial charge in [-0.25, -0.2) is 0 Å². The van der Waals surface area contributed by atoms with E-state index in [0.717, 1.165) is 16.6 Å². The Morgan fingerprint density at radius 3 is 2.43 bits per heavy atom. The molecule has 3 aromatic rings. The Labute approximate surface area is 126 Å². The smallest absolute Gasteiger partial charge is 0.294 e. The number of ketones is 1. The fourth-order valence-electron chi connectivity index (χ4n) is 2.44. The number of pyridine rings is 1. The number of carbonyl (C=O) groups excluding carboxylic acids is 2. The fourth-order valence-corrected chi connectivity index (χ4v) is 2.53. The lowest BCUT2D eigenvalue weighted by atomic mass is 10.0. The number of hydrogen-bond acceptors (Lipinski definition) is 2. The molecule has 0 amide bonds. The van der Waals surface area contributed by atoms with Gasteiger partial charge in [0.1, 0.15) is 5.69 Å². The molecule has 104 valence electrons. The molecule has 4 heteroatoms. The van der Waals surface area contributed by atoms with Gasteiger partial charge >= 0.3 is 0 Å². The number of nitrogens with zero attached hydrogens (tertiary/aromatic N) is 1. The number of benzene rings is 1. The second-order valence-electron chi connectivity index (χ2n) is 4.88. The molecule has 21 heavy (non-hydrogen) atoms. The molecule has 0 aliphatic rings. The van der Waals surface area contributed by atoms with Crippen LogP contribution in [-0.4, -0.2) is 15.4 Å². The second kappa shape index (κ2) is 5.19. The lowest BCUT2D eigenvalue weighted by molar-refractivity contribution is -0.108. The lowest BCUT2D eigenvalue weighted by Crippen LogP contribution is -2.11. The Kier molecular flexibility index (Phi) is 3.35. The normalized spacial score (nSPS) is 10.8. The SMILES string of the molecule is Cc1ccc2cc(-c3ccccc3)c(C(=O)C(=O)Cl)n2c1. The number of Topliss-reactive ketones (excluding diaryl/α,β-unsaturated/α-hetero) is 1. The molecule has 0 N–H and O–H groups in total. The van der Waals surface area contributed by atoms with E-state index >= 15 is 0 Å². The minimum atomic E-state index is -0.978. The van der Waals surface area contributed by atoms with Crippen molar-refractivity contribution >= 4 is 28.1 Å². The van der Waals surface area contributed by atoms with E-state index in [-0.39, 0.29) is 0 Å². The molecule has 0 saturated carbocycles. The van der Waals surface area contributed by atoms with Crippen molar-refractivity contribution in [1.82, 2.24) is 4.40 Å². The summed E-state index contributed by atoms with van der Waals surface area (Å²) in [5.41, 5.74) is 3.73. The number of fused-ring (bicyclic) bond motifs is 1. The summed E-state index contributed by atoms with van der Waals surface area (Å²) >= 11 is 5.42. The number of aromatic nitrogens is 1. The molecule has 0 spiro atoms. The number of halogens is 1. The number of carbonyl (C=O) groups is 2. The molecule has 2 heterocycles. The number of rotatable bonds is 3. The van der Waals surface area contributed by atoms with Gasteiger partial charge in [-0.3, -0.25) is 9.59 Å². The minimum absolute atomic E-state index is 0.305. The lowest BCUT2D eigenvalue weighted by Gasteiger charge is -2.04. The molecule has 0 atom stereocenters. The predicted molar refractivity (Wildman–Crippen MR) is 82.8 cm³/mol. The van der Waals surface area contributed by atoms with E-state index in [2.05, 4.69) is 0 Å². The van der Waals surface area contributed by atoms with Crippen LogP contribution in [-0.2, 0) is 4.79 Å². The highest BCUT2D eigenvalue weighted by Gasteiger charge is 2.23. The van der Waals surface area contributed by atoms with Crippen molar-refractivity contribution < 1.29 is 9.59 Å². The molecule has 0 aliphatic carbocycles. The monoisotopic (exact) mass is 297 g/mol. The van der Waals surface area contributed by atoms with E-state index in [1.165, 1.54) is 0 Å². The second-order valence-corrected chi connectivity index (χ2v) is 5.22. The summed E-state index contributed by atoms with van der Waals surface area (Å²) in [6, 6.07) is 15.2. The largest absolute Gasteiger partial charge is 0.313 e. The van der Waals surface area contributed by atoms with E-state index in [1.807, 2.05) is 61.7 Å². The molecule has 0 bridgehead atoms. The Morgan fingerprint density at radius 2 is 1.76 bits per heavy atom. The Bertz CT molecular complexity index is 850. The van der Waals surface area contributed by atoms with Gasteiger partial charge in [0.05, 0.1) is 0 Å². The van der Waals surface area contributed by atoms with Crippen molar-refractivity contribution in [3.63, 3.8) is 0 Å². The van der Waals surface area contributed by atoms with Gasteiger partial charge in [0.15, 0.2) is 0 Å². The number of hydrogen-bond donors (Lipinski definition) is 0. The summed E-state index contributed by atoms with van der Waals surface area (Å²) in [7, 11) is 0. The van der Waals surface area contributed by atoms with Gasteiger partial charge in [0.25, 0.3) is 11.0 Å². The highest BCUT2D eigenvalue weighted by atomic mass is 35.5. The fraction of sp³-hybridized carbons (Fsp3) is 0.0588. The highest BCUT2D eigenvalue weighted by Crippen LogP contribution is 2.28. The topological polar surface area (TPSA) is 38.5 Å². The van der Waals surface area contributed by atoms with Crippen molar-refractivity contribution in [1.29, 1.82) is 0 Å². The zero-order valence-electron chi connectivity index (χ0n) is 11.3. The molecule has 0 aliphatic heterocycles. The third kappa shape index (κ3) is 2.36. The molecule has 3 nitrogen and oxygen atoms in total. The first kappa shape index (κ1) is 13.6. The van der Waals surface area contributed by atoms with Crippen LogP contribution in [0.1, 0.15) is 16.1 Å². The van der Waals surface area contributed by atoms with Gasteiger partial charge in [0.2, 0.25) is 0 Å². The zero-order chi connectivity index (χ0) is 15.0. The molecule has 0 fully saturated rings. The molecule has 0 saturated heterocycles. The third-order valence-corrected chi connectivity index (χ3v) is 3.57. The van der Waals surface area contributed by atoms with Crippen molar-refractivity contribution in [2.45, 2.75) is 6.92 Å². The highest BCUT2D eigenvalue weighted by molar-refractivity contribution is 6.83. The predicted octanol–water partition coefficient (Wildman–Crippen LogP) is 3.86. The van der Waals surface area contributed by atoms with Crippen molar-refractivity contribution in [2.24, 2.45) is 0 Å². The van der Waals surface area contributed by atoms with Gasteiger partial charge in [-0.15, -0.1) is 0 Å². The molecule has 1 aromatic carbocycles. The van der Waals surface area contributed by atoms with Crippen molar-refractivity contribution in [3.05, 3.63) is 66.0 Å².